The number of nitrogens with one attached hydrogen (secondary N) is 1. The zero-order valence-electron chi connectivity index (χ0n) is 24.3. The molecule has 0 spiro atoms. The Morgan fingerprint density at radius 3 is 2.37 bits per heavy atom. The van der Waals surface area contributed by atoms with E-state index >= 15 is 4.39 Å². The van der Waals surface area contributed by atoms with Crippen LogP contribution in [-0.2, 0) is 29.7 Å². The average molecular weight is 609 g/mol. The molecule has 8 nitrogen and oxygen atoms in total. The van der Waals surface area contributed by atoms with Gasteiger partial charge in [0.05, 0.1) is 20.8 Å². The third-order valence-corrected chi connectivity index (χ3v) is 9.31. The third-order valence-electron chi connectivity index (χ3n) is 7.54. The van der Waals surface area contributed by atoms with E-state index in [1.807, 2.05) is 18.2 Å². The number of pyridine rings is 1. The lowest BCUT2D eigenvalue weighted by atomic mass is 10.0. The molecule has 0 saturated carbocycles. The van der Waals surface area contributed by atoms with E-state index < -0.39 is 26.7 Å². The number of rotatable bonds is 12. The average Bonchev–Trinajstić information content (AvgIpc) is 2.98. The van der Waals surface area contributed by atoms with Gasteiger partial charge in [0.2, 0.25) is 5.95 Å². The molecule has 1 aromatic heterocycles. The van der Waals surface area contributed by atoms with Crippen LogP contribution in [0.5, 0.6) is 11.5 Å². The van der Waals surface area contributed by atoms with Crippen LogP contribution < -0.4 is 19.1 Å². The van der Waals surface area contributed by atoms with E-state index in [2.05, 4.69) is 21.3 Å². The van der Waals surface area contributed by atoms with Gasteiger partial charge in [0.15, 0.2) is 0 Å². The quantitative estimate of drug-likeness (QED) is 0.201. The normalized spacial score (nSPS) is 13.3. The van der Waals surface area contributed by atoms with Crippen molar-refractivity contribution in [3.05, 3.63) is 107 Å². The van der Waals surface area contributed by atoms with Gasteiger partial charge in [-0.2, -0.15) is 4.39 Å². The van der Waals surface area contributed by atoms with E-state index in [0.29, 0.717) is 34.9 Å². The number of nitrogens with zero attached hydrogens (tertiary/aromatic N) is 3. The van der Waals surface area contributed by atoms with Crippen molar-refractivity contribution in [2.75, 3.05) is 36.9 Å². The molecule has 43 heavy (non-hydrogen) atoms. The predicted octanol–water partition coefficient (Wildman–Crippen LogP) is 5.90. The number of halogens is 2. The molecule has 0 atom stereocenters. The fourth-order valence-electron chi connectivity index (χ4n) is 4.98. The van der Waals surface area contributed by atoms with Crippen molar-refractivity contribution in [1.29, 1.82) is 0 Å². The van der Waals surface area contributed by atoms with Crippen LogP contribution in [0.2, 0.25) is 0 Å². The Balaban J connectivity index is 1.45. The van der Waals surface area contributed by atoms with Gasteiger partial charge in [-0.3, -0.25) is 4.90 Å². The first-order chi connectivity index (χ1) is 20.7. The van der Waals surface area contributed by atoms with Crippen LogP contribution in [0.4, 0.5) is 20.3 Å². The molecule has 0 amide bonds. The lowest BCUT2D eigenvalue weighted by molar-refractivity contribution is 0.172. The second-order valence-corrected chi connectivity index (χ2v) is 12.2. The Morgan fingerprint density at radius 2 is 1.70 bits per heavy atom. The third kappa shape index (κ3) is 6.73. The molecule has 4 aromatic rings. The standard InChI is InChI=1S/C32H34F2N4O4S/c1-22-16-30(27(33)18-28(22)35-19-23-8-4-5-9-24(23)20-37-14-7-15-37)43(39,40)38(32-11-6-10-31(34)36-32)21-25-12-13-26(41-2)17-29(25)42-3/h4-6,8-13,16-18,35H,7,14-15,19-21H2,1-3H3. The summed E-state index contributed by atoms with van der Waals surface area (Å²) in [6, 6.07) is 19.3. The molecule has 0 bridgehead atoms. The van der Waals surface area contributed by atoms with Crippen LogP contribution in [0.1, 0.15) is 28.7 Å². The van der Waals surface area contributed by atoms with Crippen LogP contribution in [-0.4, -0.2) is 45.6 Å². The van der Waals surface area contributed by atoms with E-state index in [0.717, 1.165) is 35.6 Å². The number of hydrogen-bond acceptors (Lipinski definition) is 7. The fourth-order valence-corrected chi connectivity index (χ4v) is 6.51. The zero-order valence-corrected chi connectivity index (χ0v) is 25.1. The largest absolute Gasteiger partial charge is 0.497 e. The highest BCUT2D eigenvalue weighted by atomic mass is 32.2. The second-order valence-electron chi connectivity index (χ2n) is 10.4. The van der Waals surface area contributed by atoms with Crippen LogP contribution >= 0.6 is 0 Å². The number of aromatic nitrogens is 1. The van der Waals surface area contributed by atoms with E-state index in [1.165, 1.54) is 50.5 Å². The van der Waals surface area contributed by atoms with Gasteiger partial charge >= 0.3 is 0 Å². The molecule has 2 heterocycles. The number of hydrogen-bond donors (Lipinski definition) is 1. The summed E-state index contributed by atoms with van der Waals surface area (Å²) in [6.07, 6.45) is 1.20. The topological polar surface area (TPSA) is 84.0 Å². The van der Waals surface area contributed by atoms with Crippen molar-refractivity contribution < 1.29 is 26.7 Å². The monoisotopic (exact) mass is 608 g/mol. The molecule has 11 heteroatoms. The number of likely N-dealkylation sites (tertiary alicyclic amines) is 1. The van der Waals surface area contributed by atoms with Crippen LogP contribution in [0, 0.1) is 18.7 Å². The van der Waals surface area contributed by atoms with Crippen molar-refractivity contribution in [2.45, 2.75) is 37.9 Å². The minimum atomic E-state index is -4.55. The molecule has 0 aliphatic carbocycles. The molecule has 1 N–H and O–H groups in total. The first-order valence-corrected chi connectivity index (χ1v) is 15.3. The van der Waals surface area contributed by atoms with Crippen molar-refractivity contribution in [3.8, 4) is 11.5 Å². The molecule has 0 radical (unpaired) electrons. The summed E-state index contributed by atoms with van der Waals surface area (Å²) in [4.78, 5) is 5.62. The Kier molecular flexibility index (Phi) is 9.12. The van der Waals surface area contributed by atoms with Crippen LogP contribution in [0.3, 0.4) is 0 Å². The first kappa shape index (κ1) is 30.2. The summed E-state index contributed by atoms with van der Waals surface area (Å²) in [7, 11) is -1.62. The van der Waals surface area contributed by atoms with Gasteiger partial charge in [-0.1, -0.05) is 30.3 Å². The summed E-state index contributed by atoms with van der Waals surface area (Å²) in [5, 5.41) is 3.28. The highest BCUT2D eigenvalue weighted by Crippen LogP contribution is 2.33. The molecule has 3 aromatic carbocycles. The number of aryl methyl sites for hydroxylation is 1. The lowest BCUT2D eigenvalue weighted by Crippen LogP contribution is -2.36. The van der Waals surface area contributed by atoms with Gasteiger partial charge in [0, 0.05) is 30.4 Å². The van der Waals surface area contributed by atoms with Gasteiger partial charge in [0.25, 0.3) is 10.0 Å². The molecule has 1 aliphatic rings. The fraction of sp³-hybridized carbons (Fsp3) is 0.281. The lowest BCUT2D eigenvalue weighted by Gasteiger charge is -2.31. The van der Waals surface area contributed by atoms with Gasteiger partial charge in [0.1, 0.15) is 28.0 Å². The summed E-state index contributed by atoms with van der Waals surface area (Å²) in [6.45, 7) is 4.88. The van der Waals surface area contributed by atoms with Gasteiger partial charge < -0.3 is 14.8 Å². The van der Waals surface area contributed by atoms with Gasteiger partial charge in [-0.05, 0) is 79.5 Å². The smallest absolute Gasteiger partial charge is 0.268 e. The van der Waals surface area contributed by atoms with Crippen LogP contribution in [0.15, 0.2) is 77.7 Å². The minimum absolute atomic E-state index is 0.198. The summed E-state index contributed by atoms with van der Waals surface area (Å²) in [5.41, 5.74) is 3.74. The number of sulfonamides is 1. The maximum atomic E-state index is 15.7. The maximum Gasteiger partial charge on any atom is 0.268 e. The van der Waals surface area contributed by atoms with Crippen molar-refractivity contribution in [1.82, 2.24) is 9.88 Å². The first-order valence-electron chi connectivity index (χ1n) is 13.9. The minimum Gasteiger partial charge on any atom is -0.497 e. The highest BCUT2D eigenvalue weighted by molar-refractivity contribution is 7.92. The van der Waals surface area contributed by atoms with Crippen molar-refractivity contribution in [3.63, 3.8) is 0 Å². The van der Waals surface area contributed by atoms with Crippen molar-refractivity contribution >= 4 is 21.5 Å². The SMILES string of the molecule is COc1ccc(CN(c2cccc(F)n2)S(=O)(=O)c2cc(C)c(NCc3ccccc3CN3CCC3)cc2F)c(OC)c1. The Labute approximate surface area is 250 Å². The number of methoxy groups -OCH3 is 2. The Bertz CT molecular complexity index is 1710. The predicted molar refractivity (Wildman–Crippen MR) is 162 cm³/mol. The maximum absolute atomic E-state index is 15.7. The Hall–Kier alpha value is -4.22. The molecule has 1 fully saturated rings. The van der Waals surface area contributed by atoms with Crippen molar-refractivity contribution in [2.24, 2.45) is 0 Å². The molecule has 226 valence electrons. The second kappa shape index (κ2) is 13.0. The summed E-state index contributed by atoms with van der Waals surface area (Å²) >= 11 is 0. The number of anilines is 2. The number of benzene rings is 3. The Morgan fingerprint density at radius 1 is 0.930 bits per heavy atom. The molecule has 0 unspecified atom stereocenters. The number of ether oxygens (including phenoxy) is 2. The molecular formula is C32H34F2N4O4S. The van der Waals surface area contributed by atoms with E-state index in [9.17, 15) is 12.8 Å². The van der Waals surface area contributed by atoms with E-state index in [1.54, 1.807) is 25.1 Å². The van der Waals surface area contributed by atoms with E-state index in [4.69, 9.17) is 9.47 Å². The van der Waals surface area contributed by atoms with E-state index in [-0.39, 0.29) is 12.4 Å². The zero-order chi connectivity index (χ0) is 30.6. The highest BCUT2D eigenvalue weighted by Gasteiger charge is 2.31. The molecule has 5 rings (SSSR count). The molecular weight excluding hydrogens is 574 g/mol. The van der Waals surface area contributed by atoms with Crippen LogP contribution in [0.25, 0.3) is 0 Å². The molecule has 1 aliphatic heterocycles. The summed E-state index contributed by atoms with van der Waals surface area (Å²) < 4.78 is 69.6. The van der Waals surface area contributed by atoms with Gasteiger partial charge in [-0.15, -0.1) is 0 Å². The summed E-state index contributed by atoms with van der Waals surface area (Å²) in [5.74, 6) is -1.15. The van der Waals surface area contributed by atoms with Gasteiger partial charge in [-0.25, -0.2) is 22.1 Å². The molecule has 1 saturated heterocycles.